The Morgan fingerprint density at radius 3 is 2.48 bits per heavy atom. The van der Waals surface area contributed by atoms with Gasteiger partial charge in [-0.2, -0.15) is 0 Å². The van der Waals surface area contributed by atoms with Crippen molar-refractivity contribution in [3.05, 3.63) is 46.7 Å². The van der Waals surface area contributed by atoms with E-state index in [1.807, 2.05) is 16.7 Å². The van der Waals surface area contributed by atoms with Crippen LogP contribution in [0.5, 0.6) is 0 Å². The van der Waals surface area contributed by atoms with Crippen LogP contribution in [0, 0.1) is 0 Å². The van der Waals surface area contributed by atoms with Crippen molar-refractivity contribution in [2.24, 2.45) is 0 Å². The van der Waals surface area contributed by atoms with Crippen LogP contribution in [0.4, 0.5) is 5.82 Å². The second-order valence-corrected chi connectivity index (χ2v) is 6.76. The number of imidazole rings is 1. The monoisotopic (exact) mass is 323 g/mol. The van der Waals surface area contributed by atoms with Crippen LogP contribution in [-0.4, -0.2) is 9.55 Å². The highest BCUT2D eigenvalue weighted by molar-refractivity contribution is 6.42. The lowest BCUT2D eigenvalue weighted by molar-refractivity contribution is 0.515. The molecule has 0 spiro atoms. The summed E-state index contributed by atoms with van der Waals surface area (Å²) in [5.74, 6) is 1.53. The Hall–Kier alpha value is -1.45. The summed E-state index contributed by atoms with van der Waals surface area (Å²) >= 11 is 12.1. The quantitative estimate of drug-likeness (QED) is 0.814. The van der Waals surface area contributed by atoms with Crippen molar-refractivity contribution >= 4 is 29.0 Å². The molecule has 112 valence electrons. The smallest absolute Gasteiger partial charge is 0.132 e. The molecule has 21 heavy (non-hydrogen) atoms. The first-order valence-electron chi connectivity index (χ1n) is 6.68. The van der Waals surface area contributed by atoms with E-state index < -0.39 is 0 Å². The van der Waals surface area contributed by atoms with Gasteiger partial charge in [0.25, 0.3) is 0 Å². The summed E-state index contributed by atoms with van der Waals surface area (Å²) in [6, 6.07) is 5.41. The summed E-state index contributed by atoms with van der Waals surface area (Å²) in [5, 5.41) is 1.00. The summed E-state index contributed by atoms with van der Waals surface area (Å²) in [6.07, 6.45) is 1.81. The van der Waals surface area contributed by atoms with Crippen LogP contribution < -0.4 is 5.73 Å². The third-order valence-corrected chi connectivity index (χ3v) is 3.92. The average molecular weight is 324 g/mol. The molecule has 1 heterocycles. The van der Waals surface area contributed by atoms with E-state index >= 15 is 0 Å². The van der Waals surface area contributed by atoms with E-state index in [0.29, 0.717) is 22.4 Å². The minimum atomic E-state index is -0.119. The molecule has 5 heteroatoms. The minimum absolute atomic E-state index is 0.119. The van der Waals surface area contributed by atoms with Gasteiger partial charge >= 0.3 is 0 Å². The van der Waals surface area contributed by atoms with Crippen LogP contribution in [0.25, 0.3) is 11.3 Å². The van der Waals surface area contributed by atoms with E-state index in [1.54, 1.807) is 12.1 Å². The van der Waals surface area contributed by atoms with Crippen molar-refractivity contribution < 1.29 is 0 Å². The van der Waals surface area contributed by atoms with Crippen molar-refractivity contribution in [2.75, 3.05) is 5.73 Å². The van der Waals surface area contributed by atoms with Crippen LogP contribution in [0.2, 0.25) is 10.0 Å². The lowest BCUT2D eigenvalue weighted by Crippen LogP contribution is -2.19. The van der Waals surface area contributed by atoms with Gasteiger partial charge in [0.1, 0.15) is 17.3 Å². The van der Waals surface area contributed by atoms with Gasteiger partial charge in [-0.05, 0) is 12.1 Å². The van der Waals surface area contributed by atoms with E-state index in [1.165, 1.54) is 0 Å². The molecule has 1 aromatic heterocycles. The molecule has 0 aliphatic rings. The van der Waals surface area contributed by atoms with Gasteiger partial charge < -0.3 is 10.3 Å². The number of benzene rings is 1. The first-order valence-corrected chi connectivity index (χ1v) is 7.44. The first-order chi connectivity index (χ1) is 9.75. The molecular weight excluding hydrogens is 305 g/mol. The van der Waals surface area contributed by atoms with Gasteiger partial charge in [-0.15, -0.1) is 6.58 Å². The molecule has 0 radical (unpaired) electrons. The predicted molar refractivity (Wildman–Crippen MR) is 91.0 cm³/mol. The van der Waals surface area contributed by atoms with Crippen molar-refractivity contribution in [1.29, 1.82) is 0 Å². The highest BCUT2D eigenvalue weighted by Gasteiger charge is 2.25. The average Bonchev–Trinajstić information content (AvgIpc) is 2.71. The number of nitrogens with two attached hydrogens (primary N) is 1. The van der Waals surface area contributed by atoms with Gasteiger partial charge in [0.15, 0.2) is 0 Å². The molecule has 0 saturated carbocycles. The highest BCUT2D eigenvalue weighted by Crippen LogP contribution is 2.34. The van der Waals surface area contributed by atoms with Crippen LogP contribution >= 0.6 is 23.2 Å². The van der Waals surface area contributed by atoms with Crippen LogP contribution in [0.1, 0.15) is 26.6 Å². The van der Waals surface area contributed by atoms with Crippen LogP contribution in [-0.2, 0) is 12.0 Å². The van der Waals surface area contributed by atoms with Gasteiger partial charge in [0, 0.05) is 17.5 Å². The summed E-state index contributed by atoms with van der Waals surface area (Å²) in [5.41, 5.74) is 7.74. The van der Waals surface area contributed by atoms with Gasteiger partial charge in [0.2, 0.25) is 0 Å². The van der Waals surface area contributed by atoms with Crippen LogP contribution in [0.15, 0.2) is 30.9 Å². The normalized spacial score (nSPS) is 11.7. The molecule has 2 aromatic rings. The second kappa shape index (κ2) is 5.74. The van der Waals surface area contributed by atoms with Crippen molar-refractivity contribution in [3.8, 4) is 11.3 Å². The third kappa shape index (κ3) is 3.09. The fourth-order valence-corrected chi connectivity index (χ4v) is 2.51. The molecule has 0 amide bonds. The fraction of sp³-hybridized carbons (Fsp3) is 0.312. The molecule has 0 atom stereocenters. The minimum Gasteiger partial charge on any atom is -0.383 e. The molecule has 0 bridgehead atoms. The maximum absolute atomic E-state index is 6.28. The lowest BCUT2D eigenvalue weighted by atomic mass is 9.95. The Labute approximate surface area is 135 Å². The van der Waals surface area contributed by atoms with E-state index in [-0.39, 0.29) is 5.41 Å². The van der Waals surface area contributed by atoms with E-state index in [0.717, 1.165) is 17.1 Å². The predicted octanol–water partition coefficient (Wildman–Crippen LogP) is 4.92. The molecule has 0 aliphatic carbocycles. The third-order valence-electron chi connectivity index (χ3n) is 3.18. The molecule has 0 unspecified atom stereocenters. The summed E-state index contributed by atoms with van der Waals surface area (Å²) < 4.78 is 1.98. The largest absolute Gasteiger partial charge is 0.383 e. The van der Waals surface area contributed by atoms with Crippen LogP contribution in [0.3, 0.4) is 0 Å². The Morgan fingerprint density at radius 2 is 1.95 bits per heavy atom. The molecule has 0 saturated heterocycles. The first kappa shape index (κ1) is 15.9. The highest BCUT2D eigenvalue weighted by atomic mass is 35.5. The number of hydrogen-bond acceptors (Lipinski definition) is 2. The molecule has 0 fully saturated rings. The topological polar surface area (TPSA) is 43.8 Å². The summed E-state index contributed by atoms with van der Waals surface area (Å²) in [7, 11) is 0. The number of nitrogens with zero attached hydrogens (tertiary/aromatic N) is 2. The number of hydrogen-bond donors (Lipinski definition) is 1. The van der Waals surface area contributed by atoms with E-state index in [4.69, 9.17) is 33.9 Å². The maximum Gasteiger partial charge on any atom is 0.132 e. The zero-order valence-corrected chi connectivity index (χ0v) is 14.0. The lowest BCUT2D eigenvalue weighted by Gasteiger charge is -2.19. The Bertz CT molecular complexity index is 682. The zero-order valence-electron chi connectivity index (χ0n) is 12.5. The van der Waals surface area contributed by atoms with Gasteiger partial charge in [-0.25, -0.2) is 4.98 Å². The van der Waals surface area contributed by atoms with Gasteiger partial charge in [-0.3, -0.25) is 0 Å². The van der Waals surface area contributed by atoms with Crippen molar-refractivity contribution in [3.63, 3.8) is 0 Å². The number of rotatable bonds is 3. The van der Waals surface area contributed by atoms with E-state index in [9.17, 15) is 0 Å². The van der Waals surface area contributed by atoms with Gasteiger partial charge in [-0.1, -0.05) is 56.1 Å². The standard InChI is InChI=1S/C16H19Cl2N3/c1-5-8-21-14(19)13(20-15(21)16(2,3)4)10-6-7-11(17)12(18)9-10/h5-7,9H,1,8,19H2,2-4H3. The SMILES string of the molecule is C=CCn1c(C(C)(C)C)nc(-c2ccc(Cl)c(Cl)c2)c1N. The molecule has 2 rings (SSSR count). The molecule has 2 N–H and O–H groups in total. The number of anilines is 1. The zero-order chi connectivity index (χ0) is 15.8. The molecular formula is C16H19Cl2N3. The molecule has 0 aliphatic heterocycles. The molecule has 1 aromatic carbocycles. The Kier molecular flexibility index (Phi) is 4.35. The van der Waals surface area contributed by atoms with Gasteiger partial charge in [0.05, 0.1) is 10.0 Å². The maximum atomic E-state index is 6.28. The van der Waals surface area contributed by atoms with Crippen molar-refractivity contribution in [2.45, 2.75) is 32.7 Å². The second-order valence-electron chi connectivity index (χ2n) is 5.95. The Morgan fingerprint density at radius 1 is 1.29 bits per heavy atom. The van der Waals surface area contributed by atoms with E-state index in [2.05, 4.69) is 27.4 Å². The van der Waals surface area contributed by atoms with Crippen molar-refractivity contribution in [1.82, 2.24) is 9.55 Å². The number of allylic oxidation sites excluding steroid dienone is 1. The summed E-state index contributed by atoms with van der Waals surface area (Å²) in [4.78, 5) is 4.73. The number of halogens is 2. The fourth-order valence-electron chi connectivity index (χ4n) is 2.21. The molecule has 3 nitrogen and oxygen atoms in total. The number of nitrogen functional groups attached to an aromatic ring is 1. The summed E-state index contributed by atoms with van der Waals surface area (Å²) in [6.45, 7) is 10.7. The number of aromatic nitrogens is 2. The Balaban J connectivity index is 2.64.